The van der Waals surface area contributed by atoms with Gasteiger partial charge < -0.3 is 14.6 Å². The Kier molecular flexibility index (Phi) is 7.72. The van der Waals surface area contributed by atoms with Crippen LogP contribution in [-0.4, -0.2) is 22.5 Å². The van der Waals surface area contributed by atoms with Gasteiger partial charge in [0.05, 0.1) is 0 Å². The lowest BCUT2D eigenvalue weighted by atomic mass is 10.2. The van der Waals surface area contributed by atoms with E-state index in [2.05, 4.69) is 26.0 Å². The van der Waals surface area contributed by atoms with E-state index in [1.165, 1.54) is 5.56 Å². The molecule has 0 aliphatic heterocycles. The molecule has 0 heterocycles. The molecule has 0 aromatic heterocycles. The summed E-state index contributed by atoms with van der Waals surface area (Å²) in [4.78, 5) is 0. The lowest BCUT2D eigenvalue weighted by molar-refractivity contribution is 0.196. The molecule has 0 atom stereocenters. The third kappa shape index (κ3) is 6.19. The molecule has 0 aliphatic rings. The van der Waals surface area contributed by atoms with Crippen LogP contribution < -0.4 is 5.73 Å². The fraction of sp³-hybridized carbons (Fsp3) is 0.571. The first-order valence-electron chi connectivity index (χ1n) is 6.83. The Morgan fingerprint density at radius 1 is 1.00 bits per heavy atom. The summed E-state index contributed by atoms with van der Waals surface area (Å²) in [6.07, 6.45) is 3.13. The standard InChI is InChI=1S/C14H25NO2Si/c1-3-10-16-18(17-11-4-2)12-9-13-5-7-14(15)8-6-13/h5-8,18H,3-4,9-12,15H2,1-2H3. The van der Waals surface area contributed by atoms with Crippen molar-refractivity contribution in [1.82, 2.24) is 0 Å². The second kappa shape index (κ2) is 9.14. The minimum Gasteiger partial charge on any atom is -0.399 e. The average Bonchev–Trinajstić information content (AvgIpc) is 2.40. The number of hydrogen-bond donors (Lipinski definition) is 1. The molecule has 1 aromatic carbocycles. The van der Waals surface area contributed by atoms with Crippen molar-refractivity contribution in [3.05, 3.63) is 29.8 Å². The van der Waals surface area contributed by atoms with Crippen molar-refractivity contribution in [2.24, 2.45) is 0 Å². The molecular weight excluding hydrogens is 242 g/mol. The third-order valence-corrected chi connectivity index (χ3v) is 4.64. The molecule has 1 aromatic rings. The number of nitrogens with two attached hydrogens (primary N) is 1. The molecule has 0 unspecified atom stereocenters. The zero-order valence-corrected chi connectivity index (χ0v) is 12.7. The van der Waals surface area contributed by atoms with E-state index in [1.54, 1.807) is 0 Å². The Bertz CT molecular complexity index is 308. The normalized spacial score (nSPS) is 11.1. The highest BCUT2D eigenvalue weighted by atomic mass is 28.3. The molecule has 4 heteroatoms. The van der Waals surface area contributed by atoms with Gasteiger partial charge in [-0.25, -0.2) is 0 Å². The first-order chi connectivity index (χ1) is 8.76. The lowest BCUT2D eigenvalue weighted by Crippen LogP contribution is -2.24. The molecule has 0 amide bonds. The number of aryl methyl sites for hydroxylation is 1. The van der Waals surface area contributed by atoms with E-state index in [9.17, 15) is 0 Å². The highest BCUT2D eigenvalue weighted by molar-refractivity contribution is 6.44. The van der Waals surface area contributed by atoms with Crippen molar-refractivity contribution in [1.29, 1.82) is 0 Å². The average molecular weight is 267 g/mol. The fourth-order valence-electron chi connectivity index (χ4n) is 1.68. The lowest BCUT2D eigenvalue weighted by Gasteiger charge is -2.16. The zero-order valence-electron chi connectivity index (χ0n) is 11.5. The van der Waals surface area contributed by atoms with Gasteiger partial charge in [0, 0.05) is 18.9 Å². The molecule has 102 valence electrons. The number of rotatable bonds is 9. The van der Waals surface area contributed by atoms with Crippen molar-refractivity contribution in [2.75, 3.05) is 18.9 Å². The molecular formula is C14H25NO2Si. The van der Waals surface area contributed by atoms with Gasteiger partial charge in [0.25, 0.3) is 0 Å². The van der Waals surface area contributed by atoms with Crippen LogP contribution in [0.1, 0.15) is 32.3 Å². The summed E-state index contributed by atoms with van der Waals surface area (Å²) in [7, 11) is -1.48. The molecule has 0 saturated heterocycles. The minimum atomic E-state index is -1.48. The van der Waals surface area contributed by atoms with Crippen LogP contribution in [0.5, 0.6) is 0 Å². The number of nitrogen functional groups attached to an aromatic ring is 1. The largest absolute Gasteiger partial charge is 0.399 e. The van der Waals surface area contributed by atoms with Gasteiger partial charge in [-0.3, -0.25) is 0 Å². The summed E-state index contributed by atoms with van der Waals surface area (Å²) in [5, 5.41) is 0. The van der Waals surface area contributed by atoms with Gasteiger partial charge in [0.1, 0.15) is 0 Å². The Labute approximate surface area is 112 Å². The second-order valence-corrected chi connectivity index (χ2v) is 6.55. The molecule has 3 nitrogen and oxygen atoms in total. The number of hydrogen-bond acceptors (Lipinski definition) is 3. The van der Waals surface area contributed by atoms with E-state index in [0.717, 1.165) is 44.2 Å². The Morgan fingerprint density at radius 3 is 2.06 bits per heavy atom. The quantitative estimate of drug-likeness (QED) is 0.553. The van der Waals surface area contributed by atoms with Crippen LogP contribution in [0.2, 0.25) is 6.04 Å². The number of benzene rings is 1. The van der Waals surface area contributed by atoms with Crippen molar-refractivity contribution in [3.63, 3.8) is 0 Å². The second-order valence-electron chi connectivity index (χ2n) is 4.45. The molecule has 0 bridgehead atoms. The van der Waals surface area contributed by atoms with Crippen molar-refractivity contribution in [2.45, 2.75) is 39.2 Å². The smallest absolute Gasteiger partial charge is 0.321 e. The van der Waals surface area contributed by atoms with Crippen LogP contribution in [0.4, 0.5) is 5.69 Å². The van der Waals surface area contributed by atoms with E-state index in [1.807, 2.05) is 12.1 Å². The Hall–Kier alpha value is -0.843. The first-order valence-corrected chi connectivity index (χ1v) is 8.59. The molecule has 0 spiro atoms. The van der Waals surface area contributed by atoms with Crippen LogP contribution in [0.15, 0.2) is 24.3 Å². The molecule has 0 radical (unpaired) electrons. The highest BCUT2D eigenvalue weighted by Crippen LogP contribution is 2.10. The van der Waals surface area contributed by atoms with Crippen LogP contribution in [0, 0.1) is 0 Å². The SMILES string of the molecule is CCCO[SiH](CCc1ccc(N)cc1)OCCC. The van der Waals surface area contributed by atoms with Crippen LogP contribution in [0.25, 0.3) is 0 Å². The first kappa shape index (κ1) is 15.2. The van der Waals surface area contributed by atoms with Crippen LogP contribution in [-0.2, 0) is 15.3 Å². The third-order valence-electron chi connectivity index (χ3n) is 2.66. The number of anilines is 1. The Balaban J connectivity index is 2.37. The molecule has 0 fully saturated rings. The van der Waals surface area contributed by atoms with Crippen molar-refractivity contribution < 1.29 is 8.85 Å². The Morgan fingerprint density at radius 2 is 1.56 bits per heavy atom. The fourth-order valence-corrected chi connectivity index (χ4v) is 3.68. The van der Waals surface area contributed by atoms with E-state index >= 15 is 0 Å². The molecule has 2 N–H and O–H groups in total. The van der Waals surface area contributed by atoms with Crippen molar-refractivity contribution >= 4 is 15.0 Å². The van der Waals surface area contributed by atoms with Crippen LogP contribution in [0.3, 0.4) is 0 Å². The summed E-state index contributed by atoms with van der Waals surface area (Å²) in [5.41, 5.74) is 7.80. The van der Waals surface area contributed by atoms with Gasteiger partial charge in [-0.1, -0.05) is 26.0 Å². The molecule has 0 saturated carbocycles. The summed E-state index contributed by atoms with van der Waals surface area (Å²) < 4.78 is 11.7. The molecule has 18 heavy (non-hydrogen) atoms. The zero-order chi connectivity index (χ0) is 13.2. The maximum atomic E-state index is 5.83. The van der Waals surface area contributed by atoms with Gasteiger partial charge >= 0.3 is 9.28 Å². The summed E-state index contributed by atoms with van der Waals surface area (Å²) in [6.45, 7) is 5.90. The van der Waals surface area contributed by atoms with Gasteiger partial charge in [-0.05, 0) is 43.0 Å². The monoisotopic (exact) mass is 267 g/mol. The maximum Gasteiger partial charge on any atom is 0.321 e. The van der Waals surface area contributed by atoms with Gasteiger partial charge in [-0.2, -0.15) is 0 Å². The minimum absolute atomic E-state index is 0.817. The van der Waals surface area contributed by atoms with Gasteiger partial charge in [0.15, 0.2) is 0 Å². The maximum absolute atomic E-state index is 5.83. The van der Waals surface area contributed by atoms with E-state index < -0.39 is 9.28 Å². The molecule has 0 aliphatic carbocycles. The van der Waals surface area contributed by atoms with E-state index in [-0.39, 0.29) is 0 Å². The van der Waals surface area contributed by atoms with E-state index in [0.29, 0.717) is 0 Å². The summed E-state index contributed by atoms with van der Waals surface area (Å²) >= 11 is 0. The van der Waals surface area contributed by atoms with E-state index in [4.69, 9.17) is 14.6 Å². The predicted molar refractivity (Wildman–Crippen MR) is 79.0 cm³/mol. The van der Waals surface area contributed by atoms with Gasteiger partial charge in [0.2, 0.25) is 0 Å². The topological polar surface area (TPSA) is 44.5 Å². The van der Waals surface area contributed by atoms with Crippen LogP contribution >= 0.6 is 0 Å². The molecule has 1 rings (SSSR count). The van der Waals surface area contributed by atoms with Gasteiger partial charge in [-0.15, -0.1) is 0 Å². The highest BCUT2D eigenvalue weighted by Gasteiger charge is 2.12. The predicted octanol–water partition coefficient (Wildman–Crippen LogP) is 2.89. The summed E-state index contributed by atoms with van der Waals surface area (Å²) in [5.74, 6) is 0. The van der Waals surface area contributed by atoms with Crippen molar-refractivity contribution in [3.8, 4) is 0 Å². The summed E-state index contributed by atoms with van der Waals surface area (Å²) in [6, 6.07) is 9.10.